The standard InChI is InChI=1S/C21H23N3O2/c25-20-18(15-16-7-2-1-3-8-16)22-21(26)24(20)14-13-23-12-6-10-17-9-4-5-11-19(17)23/h1-5,7-9,11,18H,6,10,12-15H2,(H,22,26). The molecule has 1 fully saturated rings. The molecule has 1 atom stereocenters. The molecular weight excluding hydrogens is 326 g/mol. The molecule has 2 aromatic carbocycles. The van der Waals surface area contributed by atoms with Crippen LogP contribution >= 0.6 is 0 Å². The maximum atomic E-state index is 12.7. The zero-order valence-electron chi connectivity index (χ0n) is 14.7. The molecule has 0 radical (unpaired) electrons. The molecule has 1 unspecified atom stereocenters. The van der Waals surface area contributed by atoms with Gasteiger partial charge in [-0.05, 0) is 30.0 Å². The van der Waals surface area contributed by atoms with Crippen molar-refractivity contribution in [3.05, 3.63) is 65.7 Å². The van der Waals surface area contributed by atoms with Gasteiger partial charge in [0.05, 0.1) is 0 Å². The van der Waals surface area contributed by atoms with Crippen molar-refractivity contribution in [3.63, 3.8) is 0 Å². The van der Waals surface area contributed by atoms with Crippen LogP contribution in [-0.2, 0) is 17.6 Å². The van der Waals surface area contributed by atoms with E-state index in [1.807, 2.05) is 36.4 Å². The average molecular weight is 349 g/mol. The molecule has 5 nitrogen and oxygen atoms in total. The first kappa shape index (κ1) is 16.6. The summed E-state index contributed by atoms with van der Waals surface area (Å²) in [7, 11) is 0. The molecule has 2 aliphatic rings. The van der Waals surface area contributed by atoms with Crippen molar-refractivity contribution in [2.45, 2.75) is 25.3 Å². The zero-order chi connectivity index (χ0) is 17.9. The summed E-state index contributed by atoms with van der Waals surface area (Å²) in [6, 6.07) is 17.4. The van der Waals surface area contributed by atoms with Gasteiger partial charge in [-0.3, -0.25) is 9.69 Å². The fraction of sp³-hybridized carbons (Fsp3) is 0.333. The SMILES string of the molecule is O=C1NC(Cc2ccccc2)C(=O)N1CCN1CCCc2ccccc21. The van der Waals surface area contributed by atoms with Gasteiger partial charge in [-0.15, -0.1) is 0 Å². The number of anilines is 1. The number of nitrogens with one attached hydrogen (secondary N) is 1. The minimum atomic E-state index is -0.460. The van der Waals surface area contributed by atoms with E-state index in [0.29, 0.717) is 19.5 Å². The maximum absolute atomic E-state index is 12.7. The monoisotopic (exact) mass is 349 g/mol. The number of urea groups is 1. The minimum absolute atomic E-state index is 0.121. The van der Waals surface area contributed by atoms with Gasteiger partial charge in [-0.1, -0.05) is 48.5 Å². The van der Waals surface area contributed by atoms with Crippen molar-refractivity contribution < 1.29 is 9.59 Å². The normalized spacial score (nSPS) is 19.5. The molecule has 2 aromatic rings. The molecule has 2 aliphatic heterocycles. The average Bonchev–Trinajstić information content (AvgIpc) is 2.94. The van der Waals surface area contributed by atoms with Crippen LogP contribution < -0.4 is 10.2 Å². The Morgan fingerprint density at radius 3 is 2.58 bits per heavy atom. The molecule has 4 rings (SSSR count). The highest BCUT2D eigenvalue weighted by Gasteiger charge is 2.37. The summed E-state index contributed by atoms with van der Waals surface area (Å²) in [5.41, 5.74) is 3.63. The van der Waals surface area contributed by atoms with Crippen molar-refractivity contribution in [2.24, 2.45) is 0 Å². The molecule has 26 heavy (non-hydrogen) atoms. The van der Waals surface area contributed by atoms with Gasteiger partial charge in [0, 0.05) is 31.7 Å². The highest BCUT2D eigenvalue weighted by molar-refractivity contribution is 6.04. The largest absolute Gasteiger partial charge is 0.370 e. The van der Waals surface area contributed by atoms with Crippen molar-refractivity contribution >= 4 is 17.6 Å². The fourth-order valence-electron chi connectivity index (χ4n) is 3.84. The Labute approximate surface area is 153 Å². The predicted molar refractivity (Wildman–Crippen MR) is 101 cm³/mol. The van der Waals surface area contributed by atoms with Crippen LogP contribution in [0.3, 0.4) is 0 Å². The highest BCUT2D eigenvalue weighted by Crippen LogP contribution is 2.26. The Balaban J connectivity index is 1.40. The number of rotatable bonds is 5. The summed E-state index contributed by atoms with van der Waals surface area (Å²) in [5.74, 6) is -0.121. The van der Waals surface area contributed by atoms with E-state index < -0.39 is 6.04 Å². The Hall–Kier alpha value is -2.82. The lowest BCUT2D eigenvalue weighted by molar-refractivity contribution is -0.127. The first-order chi connectivity index (χ1) is 12.7. The van der Waals surface area contributed by atoms with Crippen LogP contribution in [-0.4, -0.2) is 42.5 Å². The number of benzene rings is 2. The third-order valence-corrected chi connectivity index (χ3v) is 5.19. The first-order valence-corrected chi connectivity index (χ1v) is 9.21. The van der Waals surface area contributed by atoms with E-state index in [1.54, 1.807) is 0 Å². The number of carbonyl (C=O) groups is 2. The van der Waals surface area contributed by atoms with E-state index in [9.17, 15) is 9.59 Å². The molecule has 0 aromatic heterocycles. The highest BCUT2D eigenvalue weighted by atomic mass is 16.2. The number of amides is 3. The third-order valence-electron chi connectivity index (χ3n) is 5.19. The van der Waals surface area contributed by atoms with Crippen LogP contribution in [0.1, 0.15) is 17.5 Å². The van der Waals surface area contributed by atoms with Gasteiger partial charge in [0.2, 0.25) is 0 Å². The number of para-hydroxylation sites is 1. The van der Waals surface area contributed by atoms with Gasteiger partial charge in [0.1, 0.15) is 6.04 Å². The van der Waals surface area contributed by atoms with Gasteiger partial charge >= 0.3 is 6.03 Å². The number of hydrogen-bond acceptors (Lipinski definition) is 3. The van der Waals surface area contributed by atoms with Crippen LogP contribution in [0.5, 0.6) is 0 Å². The van der Waals surface area contributed by atoms with Gasteiger partial charge < -0.3 is 10.2 Å². The summed E-state index contributed by atoms with van der Waals surface area (Å²) in [6.45, 7) is 2.06. The zero-order valence-corrected chi connectivity index (χ0v) is 14.7. The van der Waals surface area contributed by atoms with E-state index in [2.05, 4.69) is 28.4 Å². The molecule has 1 saturated heterocycles. The summed E-state index contributed by atoms with van der Waals surface area (Å²) in [6.07, 6.45) is 2.73. The Morgan fingerprint density at radius 1 is 0.962 bits per heavy atom. The molecule has 134 valence electrons. The Bertz CT molecular complexity index is 806. The lowest BCUT2D eigenvalue weighted by Gasteiger charge is -2.32. The molecule has 1 N–H and O–H groups in total. The summed E-state index contributed by atoms with van der Waals surface area (Å²) < 4.78 is 0. The Kier molecular flexibility index (Phi) is 4.61. The van der Waals surface area contributed by atoms with Gasteiger partial charge in [0.15, 0.2) is 0 Å². The van der Waals surface area contributed by atoms with E-state index >= 15 is 0 Å². The summed E-state index contributed by atoms with van der Waals surface area (Å²) >= 11 is 0. The molecule has 0 saturated carbocycles. The molecule has 2 heterocycles. The van der Waals surface area contributed by atoms with Crippen LogP contribution in [0, 0.1) is 0 Å². The van der Waals surface area contributed by atoms with E-state index in [-0.39, 0.29) is 11.9 Å². The van der Waals surface area contributed by atoms with Crippen LogP contribution in [0.2, 0.25) is 0 Å². The lowest BCUT2D eigenvalue weighted by atomic mass is 10.0. The van der Waals surface area contributed by atoms with E-state index in [1.165, 1.54) is 16.2 Å². The van der Waals surface area contributed by atoms with Crippen molar-refractivity contribution in [1.82, 2.24) is 10.2 Å². The topological polar surface area (TPSA) is 52.7 Å². The molecular formula is C21H23N3O2. The molecule has 0 bridgehead atoms. The molecule has 0 aliphatic carbocycles. The van der Waals surface area contributed by atoms with Crippen LogP contribution in [0.25, 0.3) is 0 Å². The second-order valence-corrected chi connectivity index (χ2v) is 6.90. The van der Waals surface area contributed by atoms with Crippen molar-refractivity contribution in [2.75, 3.05) is 24.5 Å². The number of fused-ring (bicyclic) bond motifs is 1. The second kappa shape index (κ2) is 7.20. The third kappa shape index (κ3) is 3.29. The number of carbonyl (C=O) groups excluding carboxylic acids is 2. The molecule has 5 heteroatoms. The number of nitrogens with zero attached hydrogens (tertiary/aromatic N) is 2. The molecule has 3 amide bonds. The van der Waals surface area contributed by atoms with Gasteiger partial charge in [-0.25, -0.2) is 4.79 Å². The van der Waals surface area contributed by atoms with Crippen molar-refractivity contribution in [1.29, 1.82) is 0 Å². The quantitative estimate of drug-likeness (QED) is 0.844. The van der Waals surface area contributed by atoms with Crippen molar-refractivity contribution in [3.8, 4) is 0 Å². The number of hydrogen-bond donors (Lipinski definition) is 1. The van der Waals surface area contributed by atoms with Gasteiger partial charge in [0.25, 0.3) is 5.91 Å². The smallest absolute Gasteiger partial charge is 0.324 e. The van der Waals surface area contributed by atoms with E-state index in [4.69, 9.17) is 0 Å². The lowest BCUT2D eigenvalue weighted by Crippen LogP contribution is -2.41. The van der Waals surface area contributed by atoms with Crippen LogP contribution in [0.4, 0.5) is 10.5 Å². The first-order valence-electron chi connectivity index (χ1n) is 9.21. The van der Waals surface area contributed by atoms with Gasteiger partial charge in [-0.2, -0.15) is 0 Å². The second-order valence-electron chi connectivity index (χ2n) is 6.90. The minimum Gasteiger partial charge on any atom is -0.370 e. The summed E-state index contributed by atoms with van der Waals surface area (Å²) in [4.78, 5) is 28.6. The number of aryl methyl sites for hydroxylation is 1. The Morgan fingerprint density at radius 2 is 1.73 bits per heavy atom. The molecule has 0 spiro atoms. The van der Waals surface area contributed by atoms with E-state index in [0.717, 1.165) is 24.9 Å². The summed E-state index contributed by atoms with van der Waals surface area (Å²) in [5, 5.41) is 2.83. The van der Waals surface area contributed by atoms with Crippen LogP contribution in [0.15, 0.2) is 54.6 Å². The number of imide groups is 1. The maximum Gasteiger partial charge on any atom is 0.324 e. The fourth-order valence-corrected chi connectivity index (χ4v) is 3.84. The predicted octanol–water partition coefficient (Wildman–Crippen LogP) is 2.60.